The van der Waals surface area contributed by atoms with Gasteiger partial charge in [0.05, 0.1) is 21.2 Å². The highest BCUT2D eigenvalue weighted by Gasteiger charge is 2.25. The Morgan fingerprint density at radius 1 is 0.321 bits per heavy atom. The Kier molecular flexibility index (Phi) is 8.67. The maximum Gasteiger partial charge on any atom is 0.164 e. The lowest BCUT2D eigenvalue weighted by molar-refractivity contribution is 0.455. The summed E-state index contributed by atoms with van der Waals surface area (Å²) in [7, 11) is 0. The van der Waals surface area contributed by atoms with Gasteiger partial charge in [-0.25, -0.2) is 24.9 Å². The minimum absolute atomic E-state index is 0.539. The number of hydrogen-bond acceptors (Lipinski definition) is 7. The van der Waals surface area contributed by atoms with Crippen molar-refractivity contribution in [1.29, 1.82) is 0 Å². The first-order valence-corrected chi connectivity index (χ1v) is 19.1. The summed E-state index contributed by atoms with van der Waals surface area (Å²) in [6, 6.07) is 63.3. The maximum absolute atomic E-state index is 6.46. The minimum atomic E-state index is 0.539. The highest BCUT2D eigenvalue weighted by atomic mass is 32.2. The van der Waals surface area contributed by atoms with E-state index in [1.54, 1.807) is 11.8 Å². The van der Waals surface area contributed by atoms with Crippen molar-refractivity contribution in [2.75, 3.05) is 0 Å². The van der Waals surface area contributed by atoms with Gasteiger partial charge in [-0.2, -0.15) is 0 Å². The van der Waals surface area contributed by atoms with E-state index in [1.165, 1.54) is 0 Å². The molecule has 1 aliphatic heterocycles. The molecule has 0 unspecified atom stereocenters. The first-order valence-electron chi connectivity index (χ1n) is 18.3. The normalized spacial score (nSPS) is 11.6. The summed E-state index contributed by atoms with van der Waals surface area (Å²) in [5.41, 5.74) is 9.10. The van der Waals surface area contributed by atoms with Gasteiger partial charge in [-0.05, 0) is 35.9 Å². The Morgan fingerprint density at radius 3 is 1.43 bits per heavy atom. The average Bonchev–Trinajstić information content (AvgIpc) is 3.29. The SMILES string of the molecule is c1ccc(-c2cc(-c3ccccc3)nc(-c3ccc(-c4cccc5c4Sc4ccccc4O5)c(-c4nc(-c5ccccc5)nc(-c5ccccc5)n4)c3)n2)cc1. The van der Waals surface area contributed by atoms with Crippen molar-refractivity contribution in [1.82, 2.24) is 24.9 Å². The van der Waals surface area contributed by atoms with Gasteiger partial charge < -0.3 is 4.74 Å². The van der Waals surface area contributed by atoms with Crippen LogP contribution in [0.2, 0.25) is 0 Å². The Bertz CT molecular complexity index is 2740. The third-order valence-electron chi connectivity index (χ3n) is 9.63. The van der Waals surface area contributed by atoms with Crippen LogP contribution in [0.15, 0.2) is 198 Å². The molecule has 9 aromatic rings. The Morgan fingerprint density at radius 2 is 0.821 bits per heavy atom. The van der Waals surface area contributed by atoms with Crippen molar-refractivity contribution in [3.05, 3.63) is 188 Å². The first kappa shape index (κ1) is 33.4. The van der Waals surface area contributed by atoms with Gasteiger partial charge in [0.15, 0.2) is 23.3 Å². The van der Waals surface area contributed by atoms with Crippen molar-refractivity contribution in [2.24, 2.45) is 0 Å². The number of nitrogens with zero attached hydrogens (tertiary/aromatic N) is 5. The molecule has 1 aliphatic rings. The summed E-state index contributed by atoms with van der Waals surface area (Å²) in [5, 5.41) is 0. The molecule has 0 saturated carbocycles. The molecule has 3 heterocycles. The van der Waals surface area contributed by atoms with Crippen LogP contribution in [0.4, 0.5) is 0 Å². The Labute approximate surface area is 328 Å². The van der Waals surface area contributed by atoms with Gasteiger partial charge in [0.2, 0.25) is 0 Å². The maximum atomic E-state index is 6.46. The molecule has 56 heavy (non-hydrogen) atoms. The quantitative estimate of drug-likeness (QED) is 0.161. The zero-order valence-corrected chi connectivity index (χ0v) is 30.8. The predicted octanol–water partition coefficient (Wildman–Crippen LogP) is 12.6. The van der Waals surface area contributed by atoms with Gasteiger partial charge in [0.1, 0.15) is 11.5 Å². The van der Waals surface area contributed by atoms with E-state index in [0.29, 0.717) is 23.3 Å². The van der Waals surface area contributed by atoms with E-state index in [-0.39, 0.29) is 0 Å². The number of ether oxygens (including phenoxy) is 1. The predicted molar refractivity (Wildman–Crippen MR) is 224 cm³/mol. The van der Waals surface area contributed by atoms with Crippen molar-refractivity contribution in [3.63, 3.8) is 0 Å². The zero-order chi connectivity index (χ0) is 37.3. The van der Waals surface area contributed by atoms with Crippen LogP contribution in [0.5, 0.6) is 11.5 Å². The van der Waals surface area contributed by atoms with E-state index in [9.17, 15) is 0 Å². The van der Waals surface area contributed by atoms with Gasteiger partial charge in [-0.3, -0.25) is 0 Å². The smallest absolute Gasteiger partial charge is 0.164 e. The highest BCUT2D eigenvalue weighted by Crippen LogP contribution is 2.52. The molecule has 0 fully saturated rings. The van der Waals surface area contributed by atoms with Crippen LogP contribution >= 0.6 is 11.8 Å². The molecule has 0 radical (unpaired) electrons. The van der Waals surface area contributed by atoms with Crippen molar-refractivity contribution in [2.45, 2.75) is 9.79 Å². The summed E-state index contributed by atoms with van der Waals surface area (Å²) in [5.74, 6) is 3.96. The summed E-state index contributed by atoms with van der Waals surface area (Å²) >= 11 is 1.70. The summed E-state index contributed by atoms with van der Waals surface area (Å²) in [4.78, 5) is 27.8. The molecule has 0 amide bonds. The summed E-state index contributed by atoms with van der Waals surface area (Å²) < 4.78 is 6.46. The highest BCUT2D eigenvalue weighted by molar-refractivity contribution is 7.99. The van der Waals surface area contributed by atoms with Crippen LogP contribution < -0.4 is 4.74 Å². The van der Waals surface area contributed by atoms with Crippen LogP contribution in [0, 0.1) is 0 Å². The molecule has 0 N–H and O–H groups in total. The largest absolute Gasteiger partial charge is 0.455 e. The van der Waals surface area contributed by atoms with Gasteiger partial charge in [0.25, 0.3) is 0 Å². The standard InChI is InChI=1S/C49H31N5OS/c1-5-16-32(17-6-1)40-31-41(33-18-7-2-8-19-33)51-48(50-40)36-28-29-37(38-24-15-26-43-45(38)56-44-27-14-13-25-42(44)55-43)39(30-36)49-53-46(34-20-9-3-10-21-34)52-47(54-49)35-22-11-4-12-23-35/h1-31H. The summed E-state index contributed by atoms with van der Waals surface area (Å²) in [6.07, 6.45) is 0. The molecule has 0 bridgehead atoms. The molecule has 264 valence electrons. The molecule has 0 saturated heterocycles. The topological polar surface area (TPSA) is 73.7 Å². The third kappa shape index (κ3) is 6.50. The molecule has 0 atom stereocenters. The van der Waals surface area contributed by atoms with E-state index < -0.39 is 0 Å². The fourth-order valence-corrected chi connectivity index (χ4v) is 7.96. The lowest BCUT2D eigenvalue weighted by Gasteiger charge is -2.23. The number of hydrogen-bond donors (Lipinski definition) is 0. The van der Waals surface area contributed by atoms with Gasteiger partial charge in [0, 0.05) is 38.9 Å². The second-order valence-corrected chi connectivity index (χ2v) is 14.3. The molecule has 0 aliphatic carbocycles. The molecule has 7 aromatic carbocycles. The van der Waals surface area contributed by atoms with Crippen LogP contribution in [-0.2, 0) is 0 Å². The lowest BCUT2D eigenvalue weighted by atomic mass is 9.95. The Hall–Kier alpha value is -7.22. The number of fused-ring (bicyclic) bond motifs is 2. The molecule has 6 nitrogen and oxygen atoms in total. The monoisotopic (exact) mass is 737 g/mol. The third-order valence-corrected chi connectivity index (χ3v) is 10.8. The Balaban J connectivity index is 1.22. The average molecular weight is 738 g/mol. The van der Waals surface area contributed by atoms with Crippen LogP contribution in [0.3, 0.4) is 0 Å². The van der Waals surface area contributed by atoms with Crippen molar-refractivity contribution < 1.29 is 4.74 Å². The van der Waals surface area contributed by atoms with Gasteiger partial charge in [-0.15, -0.1) is 0 Å². The number of para-hydroxylation sites is 1. The van der Waals surface area contributed by atoms with Crippen LogP contribution in [-0.4, -0.2) is 24.9 Å². The molecular weight excluding hydrogens is 707 g/mol. The second-order valence-electron chi connectivity index (χ2n) is 13.3. The van der Waals surface area contributed by atoms with Gasteiger partial charge >= 0.3 is 0 Å². The van der Waals surface area contributed by atoms with E-state index >= 15 is 0 Å². The lowest BCUT2D eigenvalue weighted by Crippen LogP contribution is -2.03. The first-order chi connectivity index (χ1) is 27.7. The molecule has 2 aromatic heterocycles. The van der Waals surface area contributed by atoms with Crippen molar-refractivity contribution in [3.8, 4) is 90.7 Å². The van der Waals surface area contributed by atoms with E-state index in [0.717, 1.165) is 77.2 Å². The van der Waals surface area contributed by atoms with E-state index in [1.807, 2.05) is 127 Å². The molecule has 10 rings (SSSR count). The minimum Gasteiger partial charge on any atom is -0.455 e. The van der Waals surface area contributed by atoms with Gasteiger partial charge in [-0.1, -0.05) is 169 Å². The number of aromatic nitrogens is 5. The number of benzene rings is 7. The van der Waals surface area contributed by atoms with Crippen LogP contribution in [0.1, 0.15) is 0 Å². The van der Waals surface area contributed by atoms with E-state index in [2.05, 4.69) is 60.7 Å². The second kappa shape index (κ2) is 14.5. The molecule has 0 spiro atoms. The van der Waals surface area contributed by atoms with Crippen LogP contribution in [0.25, 0.3) is 79.2 Å². The van der Waals surface area contributed by atoms with E-state index in [4.69, 9.17) is 29.7 Å². The fourth-order valence-electron chi connectivity index (χ4n) is 6.88. The number of rotatable bonds is 7. The molecular formula is C49H31N5OS. The van der Waals surface area contributed by atoms with Crippen molar-refractivity contribution >= 4 is 11.8 Å². The zero-order valence-electron chi connectivity index (χ0n) is 30.0. The fraction of sp³-hybridized carbons (Fsp3) is 0. The molecule has 7 heteroatoms. The summed E-state index contributed by atoms with van der Waals surface area (Å²) in [6.45, 7) is 0.